The molecule has 112 valence electrons. The summed E-state index contributed by atoms with van der Waals surface area (Å²) in [4.78, 5) is 11.1. The van der Waals surface area contributed by atoms with Gasteiger partial charge in [-0.05, 0) is 51.1 Å². The van der Waals surface area contributed by atoms with Gasteiger partial charge in [-0.2, -0.15) is 0 Å². The SMILES string of the molecule is CNCCCNS(=O)(=O)c1cc(C(=O)O)c(C)cc1C. The van der Waals surface area contributed by atoms with Crippen LogP contribution in [0.5, 0.6) is 0 Å². The predicted molar refractivity (Wildman–Crippen MR) is 76.6 cm³/mol. The third kappa shape index (κ3) is 4.03. The Morgan fingerprint density at radius 3 is 2.40 bits per heavy atom. The van der Waals surface area contributed by atoms with Crippen LogP contribution in [-0.2, 0) is 10.0 Å². The van der Waals surface area contributed by atoms with Crippen molar-refractivity contribution in [2.24, 2.45) is 0 Å². The van der Waals surface area contributed by atoms with E-state index in [4.69, 9.17) is 5.11 Å². The van der Waals surface area contributed by atoms with Crippen LogP contribution in [0.15, 0.2) is 17.0 Å². The summed E-state index contributed by atoms with van der Waals surface area (Å²) in [5, 5.41) is 12.0. The summed E-state index contributed by atoms with van der Waals surface area (Å²) in [5.41, 5.74) is 1.09. The Morgan fingerprint density at radius 2 is 1.85 bits per heavy atom. The average molecular weight is 300 g/mol. The largest absolute Gasteiger partial charge is 0.478 e. The molecule has 0 aliphatic heterocycles. The van der Waals surface area contributed by atoms with Gasteiger partial charge >= 0.3 is 5.97 Å². The van der Waals surface area contributed by atoms with E-state index in [1.165, 1.54) is 6.07 Å². The lowest BCUT2D eigenvalue weighted by Crippen LogP contribution is -2.27. The minimum Gasteiger partial charge on any atom is -0.478 e. The first-order chi connectivity index (χ1) is 9.29. The van der Waals surface area contributed by atoms with Crippen molar-refractivity contribution in [3.05, 3.63) is 28.8 Å². The van der Waals surface area contributed by atoms with Gasteiger partial charge in [-0.3, -0.25) is 0 Å². The Hall–Kier alpha value is -1.44. The van der Waals surface area contributed by atoms with Crippen molar-refractivity contribution in [1.82, 2.24) is 10.0 Å². The smallest absolute Gasteiger partial charge is 0.335 e. The second-order valence-corrected chi connectivity index (χ2v) is 6.33. The van der Waals surface area contributed by atoms with E-state index in [9.17, 15) is 13.2 Å². The summed E-state index contributed by atoms with van der Waals surface area (Å²) < 4.78 is 26.8. The molecule has 6 nitrogen and oxygen atoms in total. The number of rotatable bonds is 7. The number of nitrogens with one attached hydrogen (secondary N) is 2. The van der Waals surface area contributed by atoms with Crippen molar-refractivity contribution in [2.45, 2.75) is 25.2 Å². The second kappa shape index (κ2) is 6.83. The molecule has 0 amide bonds. The number of carboxylic acid groups (broad SMARTS) is 1. The van der Waals surface area contributed by atoms with Gasteiger partial charge in [0.05, 0.1) is 10.5 Å². The lowest BCUT2D eigenvalue weighted by molar-refractivity contribution is 0.0696. The molecule has 0 heterocycles. The zero-order valence-electron chi connectivity index (χ0n) is 11.9. The summed E-state index contributed by atoms with van der Waals surface area (Å²) in [5.74, 6) is -1.13. The van der Waals surface area contributed by atoms with Gasteiger partial charge in [-0.15, -0.1) is 0 Å². The zero-order chi connectivity index (χ0) is 15.3. The Kier molecular flexibility index (Phi) is 5.67. The number of carbonyl (C=O) groups is 1. The number of aromatic carboxylic acids is 1. The van der Waals surface area contributed by atoms with E-state index in [1.807, 2.05) is 0 Å². The molecule has 3 N–H and O–H groups in total. The molecule has 0 radical (unpaired) electrons. The first kappa shape index (κ1) is 16.6. The van der Waals surface area contributed by atoms with Crippen LogP contribution in [0.4, 0.5) is 0 Å². The van der Waals surface area contributed by atoms with Crippen LogP contribution in [0.3, 0.4) is 0 Å². The van der Waals surface area contributed by atoms with Crippen molar-refractivity contribution >= 4 is 16.0 Å². The molecule has 0 atom stereocenters. The van der Waals surface area contributed by atoms with Crippen LogP contribution >= 0.6 is 0 Å². The molecule has 0 aromatic heterocycles. The van der Waals surface area contributed by atoms with Crippen LogP contribution < -0.4 is 10.0 Å². The maximum Gasteiger partial charge on any atom is 0.335 e. The monoisotopic (exact) mass is 300 g/mol. The highest BCUT2D eigenvalue weighted by atomic mass is 32.2. The molecule has 0 aliphatic carbocycles. The van der Waals surface area contributed by atoms with Crippen molar-refractivity contribution in [3.8, 4) is 0 Å². The molecule has 20 heavy (non-hydrogen) atoms. The van der Waals surface area contributed by atoms with Gasteiger partial charge in [-0.1, -0.05) is 6.07 Å². The molecule has 0 saturated heterocycles. The highest BCUT2D eigenvalue weighted by molar-refractivity contribution is 7.89. The fraction of sp³-hybridized carbons (Fsp3) is 0.462. The van der Waals surface area contributed by atoms with Gasteiger partial charge in [0.25, 0.3) is 0 Å². The molecular formula is C13H20N2O4S. The highest BCUT2D eigenvalue weighted by Gasteiger charge is 2.20. The fourth-order valence-corrected chi connectivity index (χ4v) is 3.23. The quantitative estimate of drug-likeness (QED) is 0.650. The number of carboxylic acids is 1. The Balaban J connectivity index is 3.05. The maximum absolute atomic E-state index is 12.2. The average Bonchev–Trinajstić information content (AvgIpc) is 2.33. The number of hydrogen-bond donors (Lipinski definition) is 3. The normalized spacial score (nSPS) is 11.6. The molecule has 0 bridgehead atoms. The summed E-state index contributed by atoms with van der Waals surface area (Å²) in [6, 6.07) is 2.79. The lowest BCUT2D eigenvalue weighted by atomic mass is 10.1. The van der Waals surface area contributed by atoms with Gasteiger partial charge in [0.15, 0.2) is 0 Å². The minimum atomic E-state index is -3.69. The Bertz CT molecular complexity index is 597. The van der Waals surface area contributed by atoms with Crippen molar-refractivity contribution in [1.29, 1.82) is 0 Å². The van der Waals surface area contributed by atoms with Crippen LogP contribution in [0.1, 0.15) is 27.9 Å². The van der Waals surface area contributed by atoms with Crippen LogP contribution in [0, 0.1) is 13.8 Å². The molecule has 1 rings (SSSR count). The second-order valence-electron chi connectivity index (χ2n) is 4.59. The van der Waals surface area contributed by atoms with Gasteiger partial charge in [-0.25, -0.2) is 17.9 Å². The van der Waals surface area contributed by atoms with Crippen LogP contribution in [-0.4, -0.2) is 39.6 Å². The molecule has 0 spiro atoms. The summed E-state index contributed by atoms with van der Waals surface area (Å²) in [6.45, 7) is 4.31. The number of sulfonamides is 1. The van der Waals surface area contributed by atoms with Gasteiger partial charge in [0.1, 0.15) is 0 Å². The van der Waals surface area contributed by atoms with E-state index >= 15 is 0 Å². The number of benzene rings is 1. The first-order valence-electron chi connectivity index (χ1n) is 6.28. The van der Waals surface area contributed by atoms with E-state index in [2.05, 4.69) is 10.0 Å². The first-order valence-corrected chi connectivity index (χ1v) is 7.76. The van der Waals surface area contributed by atoms with E-state index < -0.39 is 16.0 Å². The molecular weight excluding hydrogens is 280 g/mol. The van der Waals surface area contributed by atoms with Crippen molar-refractivity contribution in [3.63, 3.8) is 0 Å². The maximum atomic E-state index is 12.2. The third-order valence-corrected chi connectivity index (χ3v) is 4.54. The molecule has 1 aromatic carbocycles. The topological polar surface area (TPSA) is 95.5 Å². The molecule has 7 heteroatoms. The Labute approximate surface area is 119 Å². The van der Waals surface area contributed by atoms with Gasteiger partial charge in [0, 0.05) is 6.54 Å². The lowest BCUT2D eigenvalue weighted by Gasteiger charge is -2.11. The van der Waals surface area contributed by atoms with Gasteiger partial charge < -0.3 is 10.4 Å². The molecule has 0 unspecified atom stereocenters. The molecule has 0 aliphatic rings. The van der Waals surface area contributed by atoms with E-state index in [1.54, 1.807) is 27.0 Å². The third-order valence-electron chi connectivity index (χ3n) is 2.94. The summed E-state index contributed by atoms with van der Waals surface area (Å²) in [6.07, 6.45) is 0.659. The fourth-order valence-electron chi connectivity index (χ4n) is 1.90. The molecule has 0 fully saturated rings. The van der Waals surface area contributed by atoms with E-state index in [0.717, 1.165) is 0 Å². The van der Waals surface area contributed by atoms with Gasteiger partial charge in [0.2, 0.25) is 10.0 Å². The number of aryl methyl sites for hydroxylation is 2. The number of hydrogen-bond acceptors (Lipinski definition) is 4. The highest BCUT2D eigenvalue weighted by Crippen LogP contribution is 2.20. The summed E-state index contributed by atoms with van der Waals surface area (Å²) >= 11 is 0. The van der Waals surface area contributed by atoms with E-state index in [-0.39, 0.29) is 10.5 Å². The Morgan fingerprint density at radius 1 is 1.20 bits per heavy atom. The van der Waals surface area contributed by atoms with Crippen molar-refractivity contribution in [2.75, 3.05) is 20.1 Å². The zero-order valence-corrected chi connectivity index (χ0v) is 12.7. The minimum absolute atomic E-state index is 0.00574. The van der Waals surface area contributed by atoms with Crippen LogP contribution in [0.25, 0.3) is 0 Å². The predicted octanol–water partition coefficient (Wildman–Crippen LogP) is 0.889. The van der Waals surface area contributed by atoms with E-state index in [0.29, 0.717) is 30.6 Å². The van der Waals surface area contributed by atoms with Crippen LogP contribution in [0.2, 0.25) is 0 Å². The standard InChI is InChI=1S/C13H20N2O4S/c1-9-7-10(2)12(8-11(9)13(16)17)20(18,19)15-6-4-5-14-3/h7-8,14-15H,4-6H2,1-3H3,(H,16,17). The molecule has 1 aromatic rings. The van der Waals surface area contributed by atoms with Crippen molar-refractivity contribution < 1.29 is 18.3 Å². The molecule has 0 saturated carbocycles. The summed E-state index contributed by atoms with van der Waals surface area (Å²) in [7, 11) is -1.90.